The topological polar surface area (TPSA) is 38.0 Å². The summed E-state index contributed by atoms with van der Waals surface area (Å²) in [6.45, 7) is 0. The third kappa shape index (κ3) is 2.48. The van der Waals surface area contributed by atoms with Gasteiger partial charge in [-0.3, -0.25) is 4.68 Å². The number of thiophene rings is 1. The van der Waals surface area contributed by atoms with Gasteiger partial charge in [-0.15, -0.1) is 11.3 Å². The minimum Gasteiger partial charge on any atom is -0.387 e. The largest absolute Gasteiger partial charge is 0.387 e. The highest BCUT2D eigenvalue weighted by molar-refractivity contribution is 9.10. The second-order valence-corrected chi connectivity index (χ2v) is 5.18. The molecular weight excluding hydrogens is 276 g/mol. The zero-order chi connectivity index (χ0) is 10.8. The van der Waals surface area contributed by atoms with Crippen molar-refractivity contribution >= 4 is 27.3 Å². The summed E-state index contributed by atoms with van der Waals surface area (Å²) in [6.07, 6.45) is 3.85. The van der Waals surface area contributed by atoms with E-state index >= 15 is 0 Å². The molecule has 1 unspecified atom stereocenters. The lowest BCUT2D eigenvalue weighted by atomic mass is 10.1. The molecule has 0 bridgehead atoms. The van der Waals surface area contributed by atoms with Crippen molar-refractivity contribution in [3.05, 3.63) is 38.8 Å². The molecule has 0 amide bonds. The van der Waals surface area contributed by atoms with E-state index in [2.05, 4.69) is 21.0 Å². The van der Waals surface area contributed by atoms with Gasteiger partial charge in [-0.1, -0.05) is 0 Å². The molecule has 15 heavy (non-hydrogen) atoms. The van der Waals surface area contributed by atoms with Crippen LogP contribution in [0.1, 0.15) is 16.5 Å². The summed E-state index contributed by atoms with van der Waals surface area (Å²) in [5.41, 5.74) is 1.05. The predicted octanol–water partition coefficient (Wildman–Crippen LogP) is 2.52. The van der Waals surface area contributed by atoms with Crippen LogP contribution in [-0.2, 0) is 13.5 Å². The lowest BCUT2D eigenvalue weighted by Gasteiger charge is -2.07. The number of aliphatic hydroxyl groups is 1. The summed E-state index contributed by atoms with van der Waals surface area (Å²) in [4.78, 5) is 0.971. The SMILES string of the molecule is Cn1cc(CC(O)c2sccc2Br)cn1. The molecule has 5 heteroatoms. The first kappa shape index (κ1) is 10.9. The molecule has 0 radical (unpaired) electrons. The summed E-state index contributed by atoms with van der Waals surface area (Å²) >= 11 is 4.97. The highest BCUT2D eigenvalue weighted by Gasteiger charge is 2.13. The maximum Gasteiger partial charge on any atom is 0.0934 e. The van der Waals surface area contributed by atoms with Crippen LogP contribution in [0, 0.1) is 0 Å². The van der Waals surface area contributed by atoms with Crippen LogP contribution in [0.15, 0.2) is 28.3 Å². The van der Waals surface area contributed by atoms with Crippen molar-refractivity contribution in [3.63, 3.8) is 0 Å². The molecule has 1 atom stereocenters. The number of aryl methyl sites for hydroxylation is 1. The monoisotopic (exact) mass is 286 g/mol. The van der Waals surface area contributed by atoms with Gasteiger partial charge in [0.2, 0.25) is 0 Å². The van der Waals surface area contributed by atoms with Crippen molar-refractivity contribution < 1.29 is 5.11 Å². The second-order valence-electron chi connectivity index (χ2n) is 3.37. The summed E-state index contributed by atoms with van der Waals surface area (Å²) < 4.78 is 2.72. The molecule has 0 saturated carbocycles. The third-order valence-electron chi connectivity index (χ3n) is 2.13. The molecule has 2 rings (SSSR count). The van der Waals surface area contributed by atoms with E-state index in [1.165, 1.54) is 0 Å². The third-order valence-corrected chi connectivity index (χ3v) is 4.11. The fourth-order valence-corrected chi connectivity index (χ4v) is 3.06. The van der Waals surface area contributed by atoms with Crippen molar-refractivity contribution in [3.8, 4) is 0 Å². The Hall–Kier alpha value is -0.650. The standard InChI is InChI=1S/C10H11BrN2OS/c1-13-6-7(5-12-13)4-9(14)10-8(11)2-3-15-10/h2-3,5-6,9,14H,4H2,1H3. The Bertz CT molecular complexity index is 452. The Morgan fingerprint density at radius 1 is 1.67 bits per heavy atom. The van der Waals surface area contributed by atoms with Gasteiger partial charge in [0, 0.05) is 29.0 Å². The van der Waals surface area contributed by atoms with Gasteiger partial charge in [0.1, 0.15) is 0 Å². The van der Waals surface area contributed by atoms with Crippen LogP contribution in [0.2, 0.25) is 0 Å². The van der Waals surface area contributed by atoms with Crippen molar-refractivity contribution in [1.82, 2.24) is 9.78 Å². The molecule has 2 heterocycles. The van der Waals surface area contributed by atoms with Crippen LogP contribution in [-0.4, -0.2) is 14.9 Å². The van der Waals surface area contributed by atoms with E-state index < -0.39 is 6.10 Å². The van der Waals surface area contributed by atoms with E-state index in [4.69, 9.17) is 0 Å². The van der Waals surface area contributed by atoms with E-state index in [0.717, 1.165) is 14.9 Å². The molecular formula is C10H11BrN2OS. The Kier molecular flexibility index (Phi) is 3.23. The van der Waals surface area contributed by atoms with Gasteiger partial charge < -0.3 is 5.11 Å². The van der Waals surface area contributed by atoms with E-state index in [1.807, 2.05) is 24.7 Å². The Morgan fingerprint density at radius 3 is 3.00 bits per heavy atom. The molecule has 0 aliphatic rings. The van der Waals surface area contributed by atoms with E-state index in [0.29, 0.717) is 6.42 Å². The van der Waals surface area contributed by atoms with Gasteiger partial charge in [0.15, 0.2) is 0 Å². The summed E-state index contributed by atoms with van der Waals surface area (Å²) in [6, 6.07) is 1.95. The van der Waals surface area contributed by atoms with Gasteiger partial charge in [0.05, 0.1) is 12.3 Å². The first-order valence-corrected chi connectivity index (χ1v) is 6.22. The highest BCUT2D eigenvalue weighted by atomic mass is 79.9. The van der Waals surface area contributed by atoms with Gasteiger partial charge in [-0.05, 0) is 32.9 Å². The predicted molar refractivity (Wildman–Crippen MR) is 63.9 cm³/mol. The molecule has 0 aliphatic carbocycles. The van der Waals surface area contributed by atoms with Gasteiger partial charge in [-0.2, -0.15) is 5.10 Å². The number of hydrogen-bond acceptors (Lipinski definition) is 3. The van der Waals surface area contributed by atoms with E-state index in [-0.39, 0.29) is 0 Å². The molecule has 2 aromatic rings. The first-order valence-electron chi connectivity index (χ1n) is 4.55. The Morgan fingerprint density at radius 2 is 2.47 bits per heavy atom. The van der Waals surface area contributed by atoms with Crippen LogP contribution in [0.25, 0.3) is 0 Å². The average Bonchev–Trinajstić information content (AvgIpc) is 2.75. The maximum atomic E-state index is 10.00. The number of aliphatic hydroxyl groups excluding tert-OH is 1. The molecule has 1 N–H and O–H groups in total. The molecule has 0 aliphatic heterocycles. The molecule has 0 fully saturated rings. The highest BCUT2D eigenvalue weighted by Crippen LogP contribution is 2.30. The zero-order valence-corrected chi connectivity index (χ0v) is 10.6. The lowest BCUT2D eigenvalue weighted by molar-refractivity contribution is 0.181. The summed E-state index contributed by atoms with van der Waals surface area (Å²) in [5.74, 6) is 0. The van der Waals surface area contributed by atoms with Crippen molar-refractivity contribution in [2.75, 3.05) is 0 Å². The van der Waals surface area contributed by atoms with E-state index in [9.17, 15) is 5.11 Å². The number of rotatable bonds is 3. The summed E-state index contributed by atoms with van der Waals surface area (Å²) in [7, 11) is 1.87. The first-order chi connectivity index (χ1) is 7.16. The van der Waals surface area contributed by atoms with Gasteiger partial charge in [-0.25, -0.2) is 0 Å². The summed E-state index contributed by atoms with van der Waals surface area (Å²) in [5, 5.41) is 16.0. The normalized spacial score (nSPS) is 13.0. The fourth-order valence-electron chi connectivity index (χ4n) is 1.44. The van der Waals surface area contributed by atoms with Crippen molar-refractivity contribution in [1.29, 1.82) is 0 Å². The number of nitrogens with zero attached hydrogens (tertiary/aromatic N) is 2. The number of aromatic nitrogens is 2. The van der Waals surface area contributed by atoms with Crippen LogP contribution in [0.3, 0.4) is 0 Å². The van der Waals surface area contributed by atoms with Crippen molar-refractivity contribution in [2.24, 2.45) is 7.05 Å². The zero-order valence-electron chi connectivity index (χ0n) is 8.22. The number of halogens is 1. The average molecular weight is 287 g/mol. The van der Waals surface area contributed by atoms with Gasteiger partial charge in [0.25, 0.3) is 0 Å². The molecule has 0 aromatic carbocycles. The van der Waals surface area contributed by atoms with Crippen LogP contribution < -0.4 is 0 Å². The minimum absolute atomic E-state index is 0.455. The smallest absolute Gasteiger partial charge is 0.0934 e. The fraction of sp³-hybridized carbons (Fsp3) is 0.300. The second kappa shape index (κ2) is 4.47. The van der Waals surface area contributed by atoms with Crippen LogP contribution in [0.5, 0.6) is 0 Å². The molecule has 0 spiro atoms. The minimum atomic E-state index is -0.455. The molecule has 2 aromatic heterocycles. The lowest BCUT2D eigenvalue weighted by Crippen LogP contribution is -1.99. The van der Waals surface area contributed by atoms with E-state index in [1.54, 1.807) is 22.2 Å². The molecule has 80 valence electrons. The maximum absolute atomic E-state index is 10.00. The van der Waals surface area contributed by atoms with Gasteiger partial charge >= 0.3 is 0 Å². The Labute approximate surface area is 100 Å². The quantitative estimate of drug-likeness (QED) is 0.942. The molecule has 3 nitrogen and oxygen atoms in total. The molecule has 0 saturated heterocycles. The van der Waals surface area contributed by atoms with Crippen molar-refractivity contribution in [2.45, 2.75) is 12.5 Å². The Balaban J connectivity index is 2.10. The van der Waals surface area contributed by atoms with Crippen LogP contribution >= 0.6 is 27.3 Å². The number of hydrogen-bond donors (Lipinski definition) is 1. The van der Waals surface area contributed by atoms with Crippen LogP contribution in [0.4, 0.5) is 0 Å².